The molecule has 0 atom stereocenters. The molecule has 1 aliphatic heterocycles. The van der Waals surface area contributed by atoms with Crippen molar-refractivity contribution in [2.75, 3.05) is 12.1 Å². The molecule has 24 heavy (non-hydrogen) atoms. The van der Waals surface area contributed by atoms with Gasteiger partial charge >= 0.3 is 5.97 Å². The smallest absolute Gasteiger partial charge is 0.337 e. The molecule has 0 saturated carbocycles. The molecular formula is C18H15NO5. The maximum absolute atomic E-state index is 12.3. The topological polar surface area (TPSA) is 84.9 Å². The number of hydrogen-bond donors (Lipinski definition) is 2. The van der Waals surface area contributed by atoms with Crippen LogP contribution in [-0.4, -0.2) is 23.8 Å². The third kappa shape index (κ3) is 3.22. The summed E-state index contributed by atoms with van der Waals surface area (Å²) in [4.78, 5) is 23.5. The molecule has 3 rings (SSSR count). The van der Waals surface area contributed by atoms with E-state index >= 15 is 0 Å². The number of anilines is 1. The van der Waals surface area contributed by atoms with Crippen molar-refractivity contribution in [2.24, 2.45) is 0 Å². The largest absolute Gasteiger partial charge is 0.478 e. The maximum atomic E-state index is 12.3. The van der Waals surface area contributed by atoms with Crippen LogP contribution < -0.4 is 14.8 Å². The number of carbonyl (C=O) groups excluding carboxylic acids is 1. The molecule has 0 unspecified atom stereocenters. The molecule has 2 aromatic carbocycles. The zero-order valence-corrected chi connectivity index (χ0v) is 12.9. The van der Waals surface area contributed by atoms with E-state index in [2.05, 4.69) is 5.32 Å². The van der Waals surface area contributed by atoms with E-state index in [1.165, 1.54) is 6.07 Å². The van der Waals surface area contributed by atoms with Crippen molar-refractivity contribution in [1.82, 2.24) is 0 Å². The number of fused-ring (bicyclic) bond motifs is 1. The van der Waals surface area contributed by atoms with E-state index in [1.807, 2.05) is 6.07 Å². The Hall–Kier alpha value is -3.28. The summed E-state index contributed by atoms with van der Waals surface area (Å²) >= 11 is 0. The Labute approximate surface area is 138 Å². The third-order valence-corrected chi connectivity index (χ3v) is 3.54. The summed E-state index contributed by atoms with van der Waals surface area (Å²) < 4.78 is 10.5. The van der Waals surface area contributed by atoms with Crippen LogP contribution in [-0.2, 0) is 4.79 Å². The Morgan fingerprint density at radius 2 is 1.88 bits per heavy atom. The molecule has 0 aromatic heterocycles. The number of amides is 1. The second kappa shape index (κ2) is 6.45. The van der Waals surface area contributed by atoms with Crippen molar-refractivity contribution in [3.05, 3.63) is 59.2 Å². The minimum Gasteiger partial charge on any atom is -0.478 e. The molecule has 6 heteroatoms. The second-order valence-electron chi connectivity index (χ2n) is 5.24. The standard InChI is InChI=1S/C18H15NO5/c1-11(8-12-6-7-15-16(9-12)24-10-23-15)17(20)19-14-5-3-2-4-13(14)18(21)22/h2-9H,10H2,1H3,(H,19,20)(H,21,22)/b11-8+. The van der Waals surface area contributed by atoms with Gasteiger partial charge in [0.05, 0.1) is 11.3 Å². The van der Waals surface area contributed by atoms with E-state index in [0.29, 0.717) is 17.1 Å². The lowest BCUT2D eigenvalue weighted by Crippen LogP contribution is -2.15. The molecule has 2 aromatic rings. The minimum absolute atomic E-state index is 0.0433. The Kier molecular flexibility index (Phi) is 4.20. The van der Waals surface area contributed by atoms with Gasteiger partial charge in [0.25, 0.3) is 5.91 Å². The number of benzene rings is 2. The molecule has 1 aliphatic rings. The Morgan fingerprint density at radius 1 is 1.12 bits per heavy atom. The molecular weight excluding hydrogens is 310 g/mol. The van der Waals surface area contributed by atoms with Gasteiger partial charge in [0.15, 0.2) is 11.5 Å². The highest BCUT2D eigenvalue weighted by Crippen LogP contribution is 2.33. The lowest BCUT2D eigenvalue weighted by Gasteiger charge is -2.08. The Morgan fingerprint density at radius 3 is 2.67 bits per heavy atom. The molecule has 0 radical (unpaired) electrons. The summed E-state index contributed by atoms with van der Waals surface area (Å²) in [5, 5.41) is 11.8. The molecule has 0 saturated heterocycles. The lowest BCUT2D eigenvalue weighted by molar-refractivity contribution is -0.112. The highest BCUT2D eigenvalue weighted by atomic mass is 16.7. The summed E-state index contributed by atoms with van der Waals surface area (Å²) in [6.07, 6.45) is 1.70. The number of hydrogen-bond acceptors (Lipinski definition) is 4. The Balaban J connectivity index is 1.79. The van der Waals surface area contributed by atoms with E-state index in [4.69, 9.17) is 14.6 Å². The first kappa shape index (κ1) is 15.6. The molecule has 0 aliphatic carbocycles. The normalized spacial score (nSPS) is 12.8. The predicted molar refractivity (Wildman–Crippen MR) is 88.2 cm³/mol. The highest BCUT2D eigenvalue weighted by Gasteiger charge is 2.14. The van der Waals surface area contributed by atoms with Crippen LogP contribution in [0.15, 0.2) is 48.0 Å². The van der Waals surface area contributed by atoms with Crippen LogP contribution in [0.25, 0.3) is 6.08 Å². The van der Waals surface area contributed by atoms with Gasteiger partial charge in [-0.1, -0.05) is 18.2 Å². The van der Waals surface area contributed by atoms with Gasteiger partial charge in [-0.05, 0) is 42.8 Å². The van der Waals surface area contributed by atoms with Crippen molar-refractivity contribution in [3.63, 3.8) is 0 Å². The lowest BCUT2D eigenvalue weighted by atomic mass is 10.1. The molecule has 122 valence electrons. The SMILES string of the molecule is C/C(=C\c1ccc2c(c1)OCO2)C(=O)Nc1ccccc1C(=O)O. The van der Waals surface area contributed by atoms with Gasteiger partial charge in [-0.15, -0.1) is 0 Å². The molecule has 0 bridgehead atoms. The number of carbonyl (C=O) groups is 2. The molecule has 0 spiro atoms. The molecule has 6 nitrogen and oxygen atoms in total. The van der Waals surface area contributed by atoms with Crippen LogP contribution in [0.5, 0.6) is 11.5 Å². The van der Waals surface area contributed by atoms with Gasteiger partial charge in [-0.25, -0.2) is 4.79 Å². The third-order valence-electron chi connectivity index (χ3n) is 3.54. The number of aromatic carboxylic acids is 1. The van der Waals surface area contributed by atoms with Crippen LogP contribution >= 0.6 is 0 Å². The first-order chi connectivity index (χ1) is 11.5. The summed E-state index contributed by atoms with van der Waals surface area (Å²) in [7, 11) is 0. The Bertz CT molecular complexity index is 841. The average molecular weight is 325 g/mol. The summed E-state index contributed by atoms with van der Waals surface area (Å²) in [5.74, 6) is -0.164. The fourth-order valence-electron chi connectivity index (χ4n) is 2.32. The number of ether oxygens (including phenoxy) is 2. The minimum atomic E-state index is -1.09. The highest BCUT2D eigenvalue weighted by molar-refractivity contribution is 6.09. The van der Waals surface area contributed by atoms with Crippen molar-refractivity contribution in [2.45, 2.75) is 6.92 Å². The van der Waals surface area contributed by atoms with Gasteiger partial charge in [0.1, 0.15) is 0 Å². The first-order valence-electron chi connectivity index (χ1n) is 7.26. The number of rotatable bonds is 4. The van der Waals surface area contributed by atoms with Crippen molar-refractivity contribution < 1.29 is 24.2 Å². The predicted octanol–water partition coefficient (Wildman–Crippen LogP) is 3.16. The molecule has 2 N–H and O–H groups in total. The molecule has 1 heterocycles. The molecule has 1 amide bonds. The summed E-state index contributed by atoms with van der Waals surface area (Å²) in [6.45, 7) is 1.84. The van der Waals surface area contributed by atoms with Gasteiger partial charge in [0.2, 0.25) is 6.79 Å². The second-order valence-corrected chi connectivity index (χ2v) is 5.24. The monoisotopic (exact) mass is 325 g/mol. The van der Waals surface area contributed by atoms with Crippen LogP contribution in [0.3, 0.4) is 0 Å². The summed E-state index contributed by atoms with van der Waals surface area (Å²) in [5.41, 5.74) is 1.53. The van der Waals surface area contributed by atoms with Gasteiger partial charge in [0, 0.05) is 5.57 Å². The number of para-hydroxylation sites is 1. The number of carboxylic acids is 1. The van der Waals surface area contributed by atoms with Crippen molar-refractivity contribution in [3.8, 4) is 11.5 Å². The zero-order chi connectivity index (χ0) is 17.1. The van der Waals surface area contributed by atoms with E-state index in [-0.39, 0.29) is 24.0 Å². The fourth-order valence-corrected chi connectivity index (χ4v) is 2.32. The van der Waals surface area contributed by atoms with Crippen LogP contribution in [0.1, 0.15) is 22.8 Å². The molecule has 0 fully saturated rings. The van der Waals surface area contributed by atoms with E-state index in [0.717, 1.165) is 5.56 Å². The van der Waals surface area contributed by atoms with E-state index in [1.54, 1.807) is 43.3 Å². The number of nitrogens with one attached hydrogen (secondary N) is 1. The van der Waals surface area contributed by atoms with Crippen LogP contribution in [0.4, 0.5) is 5.69 Å². The quantitative estimate of drug-likeness (QED) is 0.844. The fraction of sp³-hybridized carbons (Fsp3) is 0.111. The van der Waals surface area contributed by atoms with E-state index < -0.39 is 5.97 Å². The van der Waals surface area contributed by atoms with E-state index in [9.17, 15) is 9.59 Å². The van der Waals surface area contributed by atoms with Gasteiger partial charge in [-0.3, -0.25) is 4.79 Å². The summed E-state index contributed by atoms with van der Waals surface area (Å²) in [6, 6.07) is 11.6. The van der Waals surface area contributed by atoms with Crippen molar-refractivity contribution >= 4 is 23.6 Å². The van der Waals surface area contributed by atoms with Crippen LogP contribution in [0.2, 0.25) is 0 Å². The average Bonchev–Trinajstić information content (AvgIpc) is 3.02. The van der Waals surface area contributed by atoms with Crippen molar-refractivity contribution in [1.29, 1.82) is 0 Å². The van der Waals surface area contributed by atoms with Crippen LogP contribution in [0, 0.1) is 0 Å². The van der Waals surface area contributed by atoms with Gasteiger partial charge in [-0.2, -0.15) is 0 Å². The maximum Gasteiger partial charge on any atom is 0.337 e. The number of carboxylic acid groups (broad SMARTS) is 1. The zero-order valence-electron chi connectivity index (χ0n) is 12.9. The first-order valence-corrected chi connectivity index (χ1v) is 7.26. The van der Waals surface area contributed by atoms with Gasteiger partial charge < -0.3 is 19.9 Å².